The van der Waals surface area contributed by atoms with E-state index < -0.39 is 0 Å². The molecular weight excluding hydrogens is 282 g/mol. The van der Waals surface area contributed by atoms with E-state index in [0.29, 0.717) is 12.4 Å². The predicted molar refractivity (Wildman–Crippen MR) is 77.7 cm³/mol. The summed E-state index contributed by atoms with van der Waals surface area (Å²) in [5, 5.41) is 12.3. The molecule has 2 N–H and O–H groups in total. The van der Waals surface area contributed by atoms with Crippen LogP contribution in [0.15, 0.2) is 39.8 Å². The number of nitrogens with one attached hydrogen (secondary N) is 2. The summed E-state index contributed by atoms with van der Waals surface area (Å²) in [6.07, 6.45) is 0.277. The van der Waals surface area contributed by atoms with E-state index in [1.807, 2.05) is 24.3 Å². The Hall–Kier alpha value is -1.46. The Labute approximate surface area is 120 Å². The molecule has 0 bridgehead atoms. The first kappa shape index (κ1) is 12.6. The van der Waals surface area contributed by atoms with Crippen LogP contribution in [0.25, 0.3) is 0 Å². The number of para-hydroxylation sites is 1. The monoisotopic (exact) mass is 293 g/mol. The molecule has 0 unspecified atom stereocenters. The molecule has 1 saturated heterocycles. The summed E-state index contributed by atoms with van der Waals surface area (Å²) in [6.45, 7) is 0.396. The van der Waals surface area contributed by atoms with Crippen molar-refractivity contribution in [2.75, 3.05) is 17.7 Å². The number of rotatable bonds is 2. The molecule has 2 aliphatic rings. The molecule has 98 valence electrons. The van der Waals surface area contributed by atoms with Crippen LogP contribution in [0.3, 0.4) is 0 Å². The molecular formula is C13H12ClN3OS. The topological polar surface area (TPSA) is 56.2 Å². The number of amides is 1. The minimum Gasteiger partial charge on any atom is -0.349 e. The van der Waals surface area contributed by atoms with Gasteiger partial charge in [0.15, 0.2) is 0 Å². The first-order chi connectivity index (χ1) is 9.20. The molecule has 1 amide bonds. The van der Waals surface area contributed by atoms with Crippen molar-refractivity contribution in [1.29, 1.82) is 5.41 Å². The lowest BCUT2D eigenvalue weighted by atomic mass is 10.2. The average molecular weight is 294 g/mol. The Morgan fingerprint density at radius 1 is 1.42 bits per heavy atom. The number of anilines is 1. The largest absolute Gasteiger partial charge is 0.349 e. The molecule has 1 aromatic carbocycles. The summed E-state index contributed by atoms with van der Waals surface area (Å²) in [5.74, 6) is 0.567. The maximum atomic E-state index is 11.9. The molecule has 1 fully saturated rings. The first-order valence-corrected chi connectivity index (χ1v) is 7.28. The Balaban J connectivity index is 1.91. The van der Waals surface area contributed by atoms with Crippen molar-refractivity contribution in [3.05, 3.63) is 34.9 Å². The molecule has 0 saturated carbocycles. The predicted octanol–water partition coefficient (Wildman–Crippen LogP) is 2.86. The van der Waals surface area contributed by atoms with Crippen molar-refractivity contribution in [1.82, 2.24) is 4.90 Å². The second-order valence-electron chi connectivity index (χ2n) is 4.29. The number of nitrogens with zero attached hydrogens (tertiary/aromatic N) is 1. The van der Waals surface area contributed by atoms with Gasteiger partial charge in [0.1, 0.15) is 5.84 Å². The highest BCUT2D eigenvalue weighted by atomic mass is 35.5. The summed E-state index contributed by atoms with van der Waals surface area (Å²) >= 11 is 7.24. The Morgan fingerprint density at radius 2 is 2.21 bits per heavy atom. The van der Waals surface area contributed by atoms with Gasteiger partial charge in [0.2, 0.25) is 5.91 Å². The number of benzene rings is 1. The third-order valence-corrected chi connectivity index (χ3v) is 4.41. The number of carbonyl (C=O) groups excluding carboxylic acids is 1. The maximum absolute atomic E-state index is 11.9. The number of hydrogen-bond acceptors (Lipinski definition) is 4. The number of carbonyl (C=O) groups is 1. The molecule has 0 aliphatic carbocycles. The van der Waals surface area contributed by atoms with Crippen molar-refractivity contribution in [2.45, 2.75) is 11.3 Å². The maximum Gasteiger partial charge on any atom is 0.232 e. The van der Waals surface area contributed by atoms with E-state index in [1.54, 1.807) is 11.8 Å². The Morgan fingerprint density at radius 3 is 2.95 bits per heavy atom. The minimum absolute atomic E-state index is 0.0495. The molecule has 19 heavy (non-hydrogen) atoms. The second-order valence-corrected chi connectivity index (χ2v) is 5.72. The lowest BCUT2D eigenvalue weighted by Gasteiger charge is -2.13. The van der Waals surface area contributed by atoms with E-state index in [1.165, 1.54) is 4.90 Å². The van der Waals surface area contributed by atoms with Crippen molar-refractivity contribution in [3.63, 3.8) is 0 Å². The zero-order valence-electron chi connectivity index (χ0n) is 10.1. The van der Waals surface area contributed by atoms with Gasteiger partial charge in [-0.2, -0.15) is 0 Å². The van der Waals surface area contributed by atoms with Crippen molar-refractivity contribution < 1.29 is 4.79 Å². The van der Waals surface area contributed by atoms with Gasteiger partial charge >= 0.3 is 0 Å². The second kappa shape index (κ2) is 4.90. The molecule has 4 nitrogen and oxygen atoms in total. The van der Waals surface area contributed by atoms with Gasteiger partial charge in [-0.1, -0.05) is 23.9 Å². The summed E-state index contributed by atoms with van der Waals surface area (Å²) in [4.78, 5) is 14.4. The summed E-state index contributed by atoms with van der Waals surface area (Å²) < 4.78 is 0. The summed E-state index contributed by atoms with van der Waals surface area (Å²) in [7, 11) is 0. The quantitative estimate of drug-likeness (QED) is 0.825. The van der Waals surface area contributed by atoms with Crippen molar-refractivity contribution in [2.24, 2.45) is 0 Å². The van der Waals surface area contributed by atoms with Gasteiger partial charge < -0.3 is 5.32 Å². The number of hydrogen-bond donors (Lipinski definition) is 2. The highest BCUT2D eigenvalue weighted by Crippen LogP contribution is 2.43. The number of halogens is 1. The normalized spacial score (nSPS) is 21.8. The van der Waals surface area contributed by atoms with E-state index in [4.69, 9.17) is 17.0 Å². The number of thioether (sulfide) groups is 1. The molecule has 1 aromatic rings. The van der Waals surface area contributed by atoms with Crippen LogP contribution in [0.4, 0.5) is 5.69 Å². The molecule has 6 heteroatoms. The van der Waals surface area contributed by atoms with E-state index in [2.05, 4.69) is 5.32 Å². The molecule has 0 radical (unpaired) electrons. The van der Waals surface area contributed by atoms with Crippen LogP contribution in [0.2, 0.25) is 0 Å². The lowest BCUT2D eigenvalue weighted by Crippen LogP contribution is -2.30. The minimum atomic E-state index is -0.0495. The average Bonchev–Trinajstić information content (AvgIpc) is 2.94. The third-order valence-electron chi connectivity index (χ3n) is 3.11. The molecule has 2 heterocycles. The van der Waals surface area contributed by atoms with Gasteiger partial charge in [-0.05, 0) is 12.1 Å². The number of likely N-dealkylation sites (tertiary alicyclic amines) is 1. The van der Waals surface area contributed by atoms with E-state index in [9.17, 15) is 4.79 Å². The number of fused-ring (bicyclic) bond motifs is 1. The van der Waals surface area contributed by atoms with Crippen LogP contribution in [0, 0.1) is 5.41 Å². The SMILES string of the molecule is N=C1/C(=C2/Nc3ccccc3S2)CC(=O)N1CCCl. The highest BCUT2D eigenvalue weighted by molar-refractivity contribution is 8.03. The number of alkyl halides is 1. The van der Waals surface area contributed by atoms with Gasteiger partial charge in [0.05, 0.1) is 17.1 Å². The summed E-state index contributed by atoms with van der Waals surface area (Å²) in [6, 6.07) is 7.96. The van der Waals surface area contributed by atoms with Crippen LogP contribution >= 0.6 is 23.4 Å². The first-order valence-electron chi connectivity index (χ1n) is 5.93. The van der Waals surface area contributed by atoms with E-state index in [0.717, 1.165) is 21.2 Å². The van der Waals surface area contributed by atoms with Crippen LogP contribution in [0.5, 0.6) is 0 Å². The standard InChI is InChI=1S/C13H12ClN3OS/c14-5-6-17-11(18)7-8(12(17)15)13-16-9-3-1-2-4-10(9)19-13/h1-4,15-16H,5-7H2/b13-8-,15-12?. The van der Waals surface area contributed by atoms with Gasteiger partial charge in [-0.15, -0.1) is 11.6 Å². The highest BCUT2D eigenvalue weighted by Gasteiger charge is 2.34. The third kappa shape index (κ3) is 2.13. The smallest absolute Gasteiger partial charge is 0.232 e. The Kier molecular flexibility index (Phi) is 3.24. The number of amidine groups is 1. The molecule has 3 rings (SSSR count). The van der Waals surface area contributed by atoms with E-state index in [-0.39, 0.29) is 18.2 Å². The fourth-order valence-electron chi connectivity index (χ4n) is 2.18. The van der Waals surface area contributed by atoms with Gasteiger partial charge in [-0.3, -0.25) is 15.1 Å². The van der Waals surface area contributed by atoms with Crippen LogP contribution in [-0.4, -0.2) is 29.1 Å². The molecule has 0 aromatic heterocycles. The molecule has 0 atom stereocenters. The molecule has 0 spiro atoms. The van der Waals surface area contributed by atoms with E-state index >= 15 is 0 Å². The van der Waals surface area contributed by atoms with Gasteiger partial charge in [-0.25, -0.2) is 0 Å². The summed E-state index contributed by atoms with van der Waals surface area (Å²) in [5.41, 5.74) is 1.79. The van der Waals surface area contributed by atoms with Gasteiger partial charge in [0, 0.05) is 22.9 Å². The van der Waals surface area contributed by atoms with Crippen LogP contribution in [-0.2, 0) is 4.79 Å². The zero-order chi connectivity index (χ0) is 13.4. The fourth-order valence-corrected chi connectivity index (χ4v) is 3.40. The molecule has 2 aliphatic heterocycles. The zero-order valence-corrected chi connectivity index (χ0v) is 11.6. The fraction of sp³-hybridized carbons (Fsp3) is 0.231. The van der Waals surface area contributed by atoms with Crippen LogP contribution in [0.1, 0.15) is 6.42 Å². The van der Waals surface area contributed by atoms with Gasteiger partial charge in [0.25, 0.3) is 0 Å². The lowest BCUT2D eigenvalue weighted by molar-refractivity contribution is -0.125. The van der Waals surface area contributed by atoms with Crippen LogP contribution < -0.4 is 5.32 Å². The van der Waals surface area contributed by atoms with Crippen molar-refractivity contribution >= 4 is 40.8 Å². The Bertz CT molecular complexity index is 572. The van der Waals surface area contributed by atoms with Crippen molar-refractivity contribution in [3.8, 4) is 0 Å².